The van der Waals surface area contributed by atoms with Gasteiger partial charge in [-0.3, -0.25) is 4.79 Å². The van der Waals surface area contributed by atoms with Crippen molar-refractivity contribution in [3.05, 3.63) is 29.3 Å². The van der Waals surface area contributed by atoms with Crippen molar-refractivity contribution in [3.8, 4) is 0 Å². The molecular weight excluding hydrogens is 334 g/mol. The van der Waals surface area contributed by atoms with Gasteiger partial charge in [-0.1, -0.05) is 19.4 Å². The highest BCUT2D eigenvalue weighted by Crippen LogP contribution is 2.18. The lowest BCUT2D eigenvalue weighted by atomic mass is 10.1. The number of carboxylic acids is 1. The van der Waals surface area contributed by atoms with Gasteiger partial charge in [0.15, 0.2) is 0 Å². The van der Waals surface area contributed by atoms with Gasteiger partial charge >= 0.3 is 11.9 Å². The number of carboxylic acid groups (broad SMARTS) is 1. The molecule has 24 heavy (non-hydrogen) atoms. The SMILES string of the molecule is CCCC(NS(=O)(=O)c1ccc(C)c(C(=O)OC(C)C)c1)C(=O)O. The minimum absolute atomic E-state index is 0.133. The standard InChI is InChI=1S/C16H23NO6S/c1-5-6-14(15(18)19)17-24(21,22)12-8-7-11(4)13(9-12)16(20)23-10(2)3/h7-10,14,17H,5-6H2,1-4H3,(H,18,19). The van der Waals surface area contributed by atoms with Crippen molar-refractivity contribution in [1.29, 1.82) is 0 Å². The lowest BCUT2D eigenvalue weighted by molar-refractivity contribution is -0.139. The molecule has 0 amide bonds. The predicted molar refractivity (Wildman–Crippen MR) is 88.4 cm³/mol. The quantitative estimate of drug-likeness (QED) is 0.690. The summed E-state index contributed by atoms with van der Waals surface area (Å²) in [5, 5.41) is 9.10. The third-order valence-corrected chi connectivity index (χ3v) is 4.72. The van der Waals surface area contributed by atoms with Crippen LogP contribution in [0.4, 0.5) is 0 Å². The normalized spacial score (nSPS) is 12.9. The number of carbonyl (C=O) groups is 2. The van der Waals surface area contributed by atoms with Crippen LogP contribution in [0.5, 0.6) is 0 Å². The van der Waals surface area contributed by atoms with E-state index >= 15 is 0 Å². The summed E-state index contributed by atoms with van der Waals surface area (Å²) in [6.45, 7) is 6.81. The molecule has 1 aromatic rings. The molecule has 0 saturated heterocycles. The number of sulfonamides is 1. The number of esters is 1. The topological polar surface area (TPSA) is 110 Å². The molecule has 2 N–H and O–H groups in total. The van der Waals surface area contributed by atoms with Gasteiger partial charge in [0, 0.05) is 0 Å². The highest BCUT2D eigenvalue weighted by molar-refractivity contribution is 7.89. The summed E-state index contributed by atoms with van der Waals surface area (Å²) in [7, 11) is -4.07. The molecule has 8 heteroatoms. The van der Waals surface area contributed by atoms with E-state index in [0.717, 1.165) is 0 Å². The fourth-order valence-corrected chi connectivity index (χ4v) is 3.29. The second-order valence-electron chi connectivity index (χ2n) is 5.73. The van der Waals surface area contributed by atoms with Gasteiger partial charge in [-0.25, -0.2) is 13.2 Å². The number of hydrogen-bond donors (Lipinski definition) is 2. The number of carbonyl (C=O) groups excluding carboxylic acids is 1. The maximum Gasteiger partial charge on any atom is 0.338 e. The zero-order valence-corrected chi connectivity index (χ0v) is 15.0. The molecule has 1 unspecified atom stereocenters. The van der Waals surface area contributed by atoms with Crippen LogP contribution < -0.4 is 4.72 Å². The Morgan fingerprint density at radius 1 is 1.29 bits per heavy atom. The third-order valence-electron chi connectivity index (χ3n) is 3.25. The van der Waals surface area contributed by atoms with E-state index in [1.165, 1.54) is 18.2 Å². The lowest BCUT2D eigenvalue weighted by Crippen LogP contribution is -2.40. The molecule has 0 aliphatic heterocycles. The molecule has 0 spiro atoms. The monoisotopic (exact) mass is 357 g/mol. The van der Waals surface area contributed by atoms with E-state index in [-0.39, 0.29) is 23.0 Å². The minimum Gasteiger partial charge on any atom is -0.480 e. The van der Waals surface area contributed by atoms with Crippen molar-refractivity contribution in [1.82, 2.24) is 4.72 Å². The van der Waals surface area contributed by atoms with E-state index in [9.17, 15) is 18.0 Å². The summed E-state index contributed by atoms with van der Waals surface area (Å²) in [5.74, 6) is -1.87. The van der Waals surface area contributed by atoms with Gasteiger partial charge in [0.05, 0.1) is 16.6 Å². The van der Waals surface area contributed by atoms with E-state index in [0.29, 0.717) is 12.0 Å². The van der Waals surface area contributed by atoms with Crippen molar-refractivity contribution in [2.24, 2.45) is 0 Å². The molecule has 0 saturated carbocycles. The Kier molecular flexibility index (Phi) is 6.92. The number of aryl methyl sites for hydroxylation is 1. The summed E-state index contributed by atoms with van der Waals surface area (Å²) in [6.07, 6.45) is 0.346. The lowest BCUT2D eigenvalue weighted by Gasteiger charge is -2.15. The Morgan fingerprint density at radius 2 is 1.92 bits per heavy atom. The number of aliphatic carboxylic acids is 1. The van der Waals surface area contributed by atoms with Crippen LogP contribution in [0, 0.1) is 6.92 Å². The maximum atomic E-state index is 12.4. The number of nitrogens with one attached hydrogen (secondary N) is 1. The Balaban J connectivity index is 3.16. The van der Waals surface area contributed by atoms with Crippen molar-refractivity contribution in [2.45, 2.75) is 57.6 Å². The number of rotatable bonds is 8. The van der Waals surface area contributed by atoms with Crippen LogP contribution in [-0.2, 0) is 19.6 Å². The van der Waals surface area contributed by atoms with Crippen molar-refractivity contribution < 1.29 is 27.9 Å². The minimum atomic E-state index is -4.07. The van der Waals surface area contributed by atoms with Gasteiger partial charge in [0.2, 0.25) is 10.0 Å². The van der Waals surface area contributed by atoms with Crippen molar-refractivity contribution >= 4 is 22.0 Å². The number of benzene rings is 1. The molecule has 1 aromatic carbocycles. The van der Waals surface area contributed by atoms with Gasteiger partial charge in [0.25, 0.3) is 0 Å². The van der Waals surface area contributed by atoms with Crippen LogP contribution in [0.1, 0.15) is 49.5 Å². The zero-order valence-electron chi connectivity index (χ0n) is 14.2. The van der Waals surface area contributed by atoms with Crippen molar-refractivity contribution in [2.75, 3.05) is 0 Å². The second kappa shape index (κ2) is 8.25. The molecule has 0 heterocycles. The van der Waals surface area contributed by atoms with Crippen LogP contribution in [0.15, 0.2) is 23.1 Å². The van der Waals surface area contributed by atoms with Gasteiger partial charge in [-0.2, -0.15) is 4.72 Å². The van der Waals surface area contributed by atoms with Gasteiger partial charge in [-0.15, -0.1) is 0 Å². The molecular formula is C16H23NO6S. The first-order valence-electron chi connectivity index (χ1n) is 7.65. The molecule has 0 aromatic heterocycles. The Bertz CT molecular complexity index is 711. The fraction of sp³-hybridized carbons (Fsp3) is 0.500. The largest absolute Gasteiger partial charge is 0.480 e. The molecule has 1 atom stereocenters. The maximum absolute atomic E-state index is 12.4. The molecule has 0 aliphatic rings. The summed E-state index contributed by atoms with van der Waals surface area (Å²) < 4.78 is 32.1. The van der Waals surface area contributed by atoms with Crippen LogP contribution in [0.2, 0.25) is 0 Å². The predicted octanol–water partition coefficient (Wildman–Crippen LogP) is 2.09. The van der Waals surface area contributed by atoms with E-state index in [4.69, 9.17) is 9.84 Å². The average molecular weight is 357 g/mol. The van der Waals surface area contributed by atoms with E-state index in [1.54, 1.807) is 27.7 Å². The molecule has 0 bridgehead atoms. The summed E-state index contributed by atoms with van der Waals surface area (Å²) in [5.41, 5.74) is 0.705. The van der Waals surface area contributed by atoms with Gasteiger partial charge < -0.3 is 9.84 Å². The smallest absolute Gasteiger partial charge is 0.338 e. The summed E-state index contributed by atoms with van der Waals surface area (Å²) >= 11 is 0. The Morgan fingerprint density at radius 3 is 2.42 bits per heavy atom. The molecule has 1 rings (SSSR count). The Labute approximate surface area is 142 Å². The average Bonchev–Trinajstić information content (AvgIpc) is 2.45. The highest BCUT2D eigenvalue weighted by atomic mass is 32.2. The third kappa shape index (κ3) is 5.31. The van der Waals surface area contributed by atoms with Crippen molar-refractivity contribution in [3.63, 3.8) is 0 Å². The van der Waals surface area contributed by atoms with Crippen LogP contribution >= 0.6 is 0 Å². The molecule has 134 valence electrons. The van der Waals surface area contributed by atoms with Crippen LogP contribution in [0.3, 0.4) is 0 Å². The first-order chi connectivity index (χ1) is 11.1. The van der Waals surface area contributed by atoms with E-state index in [1.807, 2.05) is 0 Å². The second-order valence-corrected chi connectivity index (χ2v) is 7.45. The van der Waals surface area contributed by atoms with E-state index < -0.39 is 28.0 Å². The molecule has 0 aliphatic carbocycles. The van der Waals surface area contributed by atoms with E-state index in [2.05, 4.69) is 4.72 Å². The van der Waals surface area contributed by atoms with Crippen LogP contribution in [0.25, 0.3) is 0 Å². The molecule has 0 fully saturated rings. The molecule has 7 nitrogen and oxygen atoms in total. The van der Waals surface area contributed by atoms with Gasteiger partial charge in [0.1, 0.15) is 6.04 Å². The fourth-order valence-electron chi connectivity index (χ4n) is 2.04. The first kappa shape index (κ1) is 20.1. The van der Waals surface area contributed by atoms with Gasteiger partial charge in [-0.05, 0) is 44.9 Å². The summed E-state index contributed by atoms with van der Waals surface area (Å²) in [6, 6.07) is 2.80. The number of ether oxygens (including phenoxy) is 1. The van der Waals surface area contributed by atoms with Crippen LogP contribution in [-0.4, -0.2) is 37.6 Å². The first-order valence-corrected chi connectivity index (χ1v) is 9.13. The summed E-state index contributed by atoms with van der Waals surface area (Å²) in [4.78, 5) is 23.0. The Hall–Kier alpha value is -1.93. The zero-order chi connectivity index (χ0) is 18.5. The highest BCUT2D eigenvalue weighted by Gasteiger charge is 2.26. The number of hydrogen-bond acceptors (Lipinski definition) is 5. The molecule has 0 radical (unpaired) electrons.